The summed E-state index contributed by atoms with van der Waals surface area (Å²) in [6, 6.07) is 10.9. The number of carbonyl (C=O) groups excluding carboxylic acids is 2. The predicted octanol–water partition coefficient (Wildman–Crippen LogP) is 2.65. The number of hydrogen-bond donors (Lipinski definition) is 1. The highest BCUT2D eigenvalue weighted by atomic mass is 35.5. The number of amides is 2. The second-order valence-electron chi connectivity index (χ2n) is 5.04. The van der Waals surface area contributed by atoms with Crippen molar-refractivity contribution in [3.63, 3.8) is 0 Å². The Morgan fingerprint density at radius 3 is 2.67 bits per heavy atom. The number of pyridine rings is 1. The molecule has 1 fully saturated rings. The molecule has 21 heavy (non-hydrogen) atoms. The minimum absolute atomic E-state index is 0.224. The Labute approximate surface area is 127 Å². The molecule has 3 rings (SSSR count). The van der Waals surface area contributed by atoms with Gasteiger partial charge in [-0.25, -0.2) is 0 Å². The molecule has 1 aromatic carbocycles. The number of rotatable bonds is 2. The molecule has 5 heteroatoms. The fourth-order valence-electron chi connectivity index (χ4n) is 2.76. The van der Waals surface area contributed by atoms with Gasteiger partial charge in [0.15, 0.2) is 0 Å². The fraction of sp³-hybridized carbons (Fsp3) is 0.188. The predicted molar refractivity (Wildman–Crippen MR) is 78.9 cm³/mol. The van der Waals surface area contributed by atoms with Crippen molar-refractivity contribution in [1.29, 1.82) is 0 Å². The molecule has 2 aromatic rings. The third-order valence-electron chi connectivity index (χ3n) is 3.67. The van der Waals surface area contributed by atoms with Gasteiger partial charge in [0, 0.05) is 29.8 Å². The van der Waals surface area contributed by atoms with Gasteiger partial charge < -0.3 is 0 Å². The molecule has 4 nitrogen and oxygen atoms in total. The van der Waals surface area contributed by atoms with Crippen molar-refractivity contribution < 1.29 is 9.59 Å². The van der Waals surface area contributed by atoms with Gasteiger partial charge >= 0.3 is 0 Å². The number of nitrogens with zero attached hydrogens (tertiary/aromatic N) is 1. The van der Waals surface area contributed by atoms with Gasteiger partial charge in [0.2, 0.25) is 11.8 Å². The van der Waals surface area contributed by atoms with Gasteiger partial charge in [0.1, 0.15) is 0 Å². The summed E-state index contributed by atoms with van der Waals surface area (Å²) in [6.07, 6.45) is 3.63. The van der Waals surface area contributed by atoms with Crippen LogP contribution in [0.4, 0.5) is 0 Å². The highest BCUT2D eigenvalue weighted by Gasteiger charge is 2.38. The van der Waals surface area contributed by atoms with Crippen molar-refractivity contribution in [3.8, 4) is 0 Å². The average Bonchev–Trinajstić information content (AvgIpc) is 2.47. The largest absolute Gasteiger partial charge is 0.296 e. The number of halogens is 1. The fourth-order valence-corrected chi connectivity index (χ4v) is 2.95. The first-order valence-electron chi connectivity index (χ1n) is 6.64. The lowest BCUT2D eigenvalue weighted by Gasteiger charge is -2.30. The molecular weight excluding hydrogens is 288 g/mol. The van der Waals surface area contributed by atoms with Gasteiger partial charge in [-0.05, 0) is 29.3 Å². The second kappa shape index (κ2) is 5.66. The number of benzene rings is 1. The van der Waals surface area contributed by atoms with Crippen LogP contribution in [0, 0.1) is 0 Å². The number of nitrogens with one attached hydrogen (secondary N) is 1. The molecule has 2 amide bonds. The zero-order valence-corrected chi connectivity index (χ0v) is 11.9. The molecule has 1 saturated heterocycles. The summed E-state index contributed by atoms with van der Waals surface area (Å²) in [7, 11) is 0. The number of carbonyl (C=O) groups is 2. The standard InChI is InChI=1S/C16H13ClN2O2/c17-12-5-1-3-10(7-12)15-13(8-14(20)19-16(15)21)11-4-2-6-18-9-11/h1-7,9,13,15H,8H2,(H,19,20,21). The van der Waals surface area contributed by atoms with Crippen LogP contribution in [0.1, 0.15) is 29.4 Å². The van der Waals surface area contributed by atoms with Crippen LogP contribution in [-0.4, -0.2) is 16.8 Å². The Bertz CT molecular complexity index is 688. The first-order chi connectivity index (χ1) is 10.1. The smallest absolute Gasteiger partial charge is 0.234 e. The zero-order valence-electron chi connectivity index (χ0n) is 11.1. The van der Waals surface area contributed by atoms with Gasteiger partial charge in [-0.15, -0.1) is 0 Å². The Morgan fingerprint density at radius 2 is 1.95 bits per heavy atom. The van der Waals surface area contributed by atoms with Gasteiger partial charge in [0.05, 0.1) is 5.92 Å². The monoisotopic (exact) mass is 300 g/mol. The van der Waals surface area contributed by atoms with Crippen LogP contribution in [0.5, 0.6) is 0 Å². The van der Waals surface area contributed by atoms with Crippen molar-refractivity contribution in [2.45, 2.75) is 18.3 Å². The Hall–Kier alpha value is -2.20. The van der Waals surface area contributed by atoms with Crippen LogP contribution < -0.4 is 5.32 Å². The van der Waals surface area contributed by atoms with Crippen molar-refractivity contribution in [1.82, 2.24) is 10.3 Å². The van der Waals surface area contributed by atoms with Crippen LogP contribution in [-0.2, 0) is 9.59 Å². The van der Waals surface area contributed by atoms with Crippen molar-refractivity contribution >= 4 is 23.4 Å². The third kappa shape index (κ3) is 2.81. The third-order valence-corrected chi connectivity index (χ3v) is 3.91. The summed E-state index contributed by atoms with van der Waals surface area (Å²) in [5, 5.41) is 2.98. The topological polar surface area (TPSA) is 59.1 Å². The molecular formula is C16H13ClN2O2. The molecule has 0 aliphatic carbocycles. The second-order valence-corrected chi connectivity index (χ2v) is 5.48. The summed E-state index contributed by atoms with van der Waals surface area (Å²) in [5.74, 6) is -1.21. The maximum Gasteiger partial charge on any atom is 0.234 e. The Morgan fingerprint density at radius 1 is 1.14 bits per heavy atom. The summed E-state index contributed by atoms with van der Waals surface area (Å²) in [4.78, 5) is 28.1. The van der Waals surface area contributed by atoms with E-state index in [1.807, 2.05) is 18.2 Å². The van der Waals surface area contributed by atoms with E-state index >= 15 is 0 Å². The molecule has 2 unspecified atom stereocenters. The van der Waals surface area contributed by atoms with Crippen molar-refractivity contribution in [3.05, 3.63) is 64.9 Å². The number of imide groups is 1. The van der Waals surface area contributed by atoms with E-state index in [9.17, 15) is 9.59 Å². The summed E-state index contributed by atoms with van der Waals surface area (Å²) < 4.78 is 0. The maximum atomic E-state index is 12.3. The van der Waals surface area contributed by atoms with Gasteiger partial charge in [-0.2, -0.15) is 0 Å². The molecule has 1 aliphatic rings. The Balaban J connectivity index is 2.05. The summed E-state index contributed by atoms with van der Waals surface area (Å²) >= 11 is 6.02. The highest BCUT2D eigenvalue weighted by Crippen LogP contribution is 2.38. The van der Waals surface area contributed by atoms with E-state index in [0.717, 1.165) is 11.1 Å². The SMILES string of the molecule is O=C1CC(c2cccnc2)C(c2cccc(Cl)c2)C(=O)N1. The van der Waals surface area contributed by atoms with Crippen molar-refractivity contribution in [2.75, 3.05) is 0 Å². The number of piperidine rings is 1. The Kier molecular flexibility index (Phi) is 3.71. The van der Waals surface area contributed by atoms with E-state index in [1.54, 1.807) is 30.6 Å². The summed E-state index contributed by atoms with van der Waals surface area (Å²) in [5.41, 5.74) is 1.69. The molecule has 2 atom stereocenters. The molecule has 106 valence electrons. The van der Waals surface area contributed by atoms with E-state index in [4.69, 9.17) is 11.6 Å². The van der Waals surface area contributed by atoms with Crippen LogP contribution in [0.25, 0.3) is 0 Å². The van der Waals surface area contributed by atoms with Crippen LogP contribution >= 0.6 is 11.6 Å². The van der Waals surface area contributed by atoms with Crippen LogP contribution in [0.15, 0.2) is 48.8 Å². The van der Waals surface area contributed by atoms with Gasteiger partial charge in [-0.3, -0.25) is 19.9 Å². The molecule has 0 saturated carbocycles. The number of aromatic nitrogens is 1. The number of hydrogen-bond acceptors (Lipinski definition) is 3. The van der Waals surface area contributed by atoms with E-state index in [-0.39, 0.29) is 24.2 Å². The quantitative estimate of drug-likeness (QED) is 0.867. The van der Waals surface area contributed by atoms with E-state index in [0.29, 0.717) is 5.02 Å². The molecule has 2 heterocycles. The lowest BCUT2D eigenvalue weighted by molar-refractivity contribution is -0.135. The van der Waals surface area contributed by atoms with Crippen LogP contribution in [0.2, 0.25) is 5.02 Å². The lowest BCUT2D eigenvalue weighted by Crippen LogP contribution is -2.43. The van der Waals surface area contributed by atoms with Gasteiger partial charge in [0.25, 0.3) is 0 Å². The molecule has 0 radical (unpaired) electrons. The first kappa shape index (κ1) is 13.8. The van der Waals surface area contributed by atoms with E-state index < -0.39 is 5.92 Å². The molecule has 1 aromatic heterocycles. The normalized spacial score (nSPS) is 22.0. The molecule has 0 spiro atoms. The van der Waals surface area contributed by atoms with E-state index in [1.165, 1.54) is 0 Å². The van der Waals surface area contributed by atoms with Gasteiger partial charge in [-0.1, -0.05) is 29.8 Å². The van der Waals surface area contributed by atoms with Crippen molar-refractivity contribution in [2.24, 2.45) is 0 Å². The average molecular weight is 301 g/mol. The highest BCUT2D eigenvalue weighted by molar-refractivity contribution is 6.30. The maximum absolute atomic E-state index is 12.3. The first-order valence-corrected chi connectivity index (χ1v) is 7.02. The summed E-state index contributed by atoms with van der Waals surface area (Å²) in [6.45, 7) is 0. The minimum Gasteiger partial charge on any atom is -0.296 e. The minimum atomic E-state index is -0.439. The van der Waals surface area contributed by atoms with Crippen LogP contribution in [0.3, 0.4) is 0 Å². The molecule has 0 bridgehead atoms. The van der Waals surface area contributed by atoms with E-state index in [2.05, 4.69) is 10.3 Å². The lowest BCUT2D eigenvalue weighted by atomic mass is 9.77. The molecule has 1 aliphatic heterocycles. The molecule has 1 N–H and O–H groups in total. The zero-order chi connectivity index (χ0) is 14.8.